The molecule has 0 aliphatic carbocycles. The van der Waals surface area contributed by atoms with Crippen LogP contribution < -0.4 is 9.85 Å². The largest absolute Gasteiger partial charge is 0.539 e. The van der Waals surface area contributed by atoms with E-state index >= 15 is 0 Å². The van der Waals surface area contributed by atoms with Crippen LogP contribution in [0.2, 0.25) is 18.1 Å². The smallest absolute Gasteiger partial charge is 0.324 e. The molecule has 0 aliphatic rings. The summed E-state index contributed by atoms with van der Waals surface area (Å²) in [6, 6.07) is 13.5. The minimum atomic E-state index is -4.44. The highest BCUT2D eigenvalue weighted by Crippen LogP contribution is 2.40. The highest BCUT2D eigenvalue weighted by molar-refractivity contribution is 8.05. The second kappa shape index (κ2) is 15.9. The number of ether oxygens (including phenoxy) is 2. The van der Waals surface area contributed by atoms with Crippen LogP contribution in [0.1, 0.15) is 57.9 Å². The van der Waals surface area contributed by atoms with Gasteiger partial charge in [0, 0.05) is 17.9 Å². The van der Waals surface area contributed by atoms with Crippen molar-refractivity contribution in [3.05, 3.63) is 99.5 Å². The van der Waals surface area contributed by atoms with E-state index in [1.54, 1.807) is 45.0 Å². The minimum Gasteiger partial charge on any atom is -0.539 e. The van der Waals surface area contributed by atoms with Crippen LogP contribution in [0.5, 0.6) is 5.75 Å². The molecule has 11 nitrogen and oxygen atoms in total. The lowest BCUT2D eigenvalue weighted by Gasteiger charge is -2.36. The average molecular weight is 746 g/mol. The Kier molecular flexibility index (Phi) is 12.9. The van der Waals surface area contributed by atoms with Crippen molar-refractivity contribution in [1.82, 2.24) is 0 Å². The van der Waals surface area contributed by atoms with Crippen molar-refractivity contribution in [2.24, 2.45) is 9.18 Å². The summed E-state index contributed by atoms with van der Waals surface area (Å²) >= 11 is 0. The Bertz CT molecular complexity index is 1980. The number of benzene rings is 2. The molecule has 272 valence electrons. The first-order chi connectivity index (χ1) is 23.2. The number of rotatable bonds is 14. The third-order valence-corrected chi connectivity index (χ3v) is 16.9. The quantitative estimate of drug-likeness (QED) is 0.0947. The molecule has 0 unspecified atom stereocenters. The van der Waals surface area contributed by atoms with E-state index in [-0.39, 0.29) is 39.6 Å². The molecule has 0 saturated heterocycles. The molecule has 1 atom stereocenters. The van der Waals surface area contributed by atoms with E-state index < -0.39 is 63.7 Å². The summed E-state index contributed by atoms with van der Waals surface area (Å²) in [6.45, 7) is 16.4. The number of hydrogen-bond donors (Lipinski definition) is 0. The maximum Gasteiger partial charge on any atom is 0.324 e. The second-order valence-corrected chi connectivity index (χ2v) is 22.0. The van der Waals surface area contributed by atoms with Gasteiger partial charge in [-0.15, -0.1) is 0 Å². The molecule has 2 aromatic carbocycles. The number of carbonyl (C=O) groups excluding carboxylic acids is 2. The molecule has 14 heteroatoms. The Morgan fingerprint density at radius 3 is 1.82 bits per heavy atom. The number of hydrogen-bond acceptors (Lipinski definition) is 10. The van der Waals surface area contributed by atoms with Gasteiger partial charge in [-0.1, -0.05) is 66.0 Å². The monoisotopic (exact) mass is 745 g/mol. The van der Waals surface area contributed by atoms with Crippen molar-refractivity contribution in [2.75, 3.05) is 13.2 Å². The number of nitrogens with zero attached hydrogens (tertiary/aromatic N) is 1. The molecule has 0 aliphatic heterocycles. The van der Waals surface area contributed by atoms with Gasteiger partial charge in [0.1, 0.15) is 15.5 Å². The van der Waals surface area contributed by atoms with Crippen molar-refractivity contribution in [1.29, 1.82) is 0 Å². The molecule has 0 radical (unpaired) electrons. The van der Waals surface area contributed by atoms with Crippen molar-refractivity contribution < 1.29 is 40.5 Å². The lowest BCUT2D eigenvalue weighted by molar-refractivity contribution is -0.172. The van der Waals surface area contributed by atoms with Crippen molar-refractivity contribution in [3.8, 4) is 5.75 Å². The van der Waals surface area contributed by atoms with Crippen LogP contribution >= 0.6 is 0 Å². The molecular formula is C36H47NO10S2Si. The van der Waals surface area contributed by atoms with Gasteiger partial charge < -0.3 is 18.3 Å². The Balaban J connectivity index is 2.26. The van der Waals surface area contributed by atoms with Gasteiger partial charge >= 0.3 is 11.9 Å². The van der Waals surface area contributed by atoms with Crippen LogP contribution in [0.15, 0.2) is 95.1 Å². The van der Waals surface area contributed by atoms with Gasteiger partial charge in [0.05, 0.1) is 29.3 Å². The summed E-state index contributed by atoms with van der Waals surface area (Å²) in [4.78, 5) is 40.8. The maximum atomic E-state index is 14.6. The number of carbonyl (C=O) groups is 2. The van der Waals surface area contributed by atoms with Crippen LogP contribution in [0.3, 0.4) is 0 Å². The molecule has 3 rings (SSSR count). The van der Waals surface area contributed by atoms with E-state index in [0.717, 1.165) is 22.8 Å². The van der Waals surface area contributed by atoms with Crippen LogP contribution in [0.4, 0.5) is 0 Å². The second-order valence-electron chi connectivity index (χ2n) is 13.4. The predicted molar refractivity (Wildman–Crippen MR) is 194 cm³/mol. The molecule has 0 saturated carbocycles. The normalized spacial score (nSPS) is 13.8. The van der Waals surface area contributed by atoms with Gasteiger partial charge in [-0.2, -0.15) is 8.42 Å². The van der Waals surface area contributed by atoms with Crippen LogP contribution in [-0.4, -0.2) is 46.1 Å². The molecule has 0 amide bonds. The molecule has 0 bridgehead atoms. The van der Waals surface area contributed by atoms with Crippen LogP contribution in [0, 0.1) is 19.3 Å². The Labute approximate surface area is 296 Å². The SMILES string of the molecule is CCOC(=O)C(C/C=C/[S@](=O)(=NS(=O)(=O)c1ccc(C)cc1)c1ccc(C)cc1)(Cc1occc(=O)c1O[Si](C)(C)C(C)(C)C)C(=O)OCC. The topological polar surface area (TPSA) is 156 Å². The zero-order chi connectivity index (χ0) is 37.5. The summed E-state index contributed by atoms with van der Waals surface area (Å²) < 4.78 is 68.3. The van der Waals surface area contributed by atoms with Gasteiger partial charge in [0.25, 0.3) is 18.3 Å². The van der Waals surface area contributed by atoms with Crippen molar-refractivity contribution in [2.45, 2.75) is 89.2 Å². The fraction of sp³-hybridized carbons (Fsp3) is 0.417. The molecular weight excluding hydrogens is 699 g/mol. The number of esters is 2. The lowest BCUT2D eigenvalue weighted by atomic mass is 9.79. The minimum absolute atomic E-state index is 0.0808. The molecule has 50 heavy (non-hydrogen) atoms. The summed E-state index contributed by atoms with van der Waals surface area (Å²) in [6.07, 6.45) is 1.40. The maximum absolute atomic E-state index is 14.6. The van der Waals surface area contributed by atoms with E-state index in [1.165, 1.54) is 36.4 Å². The van der Waals surface area contributed by atoms with E-state index in [2.05, 4.69) is 3.77 Å². The fourth-order valence-corrected chi connectivity index (χ4v) is 9.12. The number of allylic oxidation sites excluding steroid dienone is 1. The zero-order valence-corrected chi connectivity index (χ0v) is 32.7. The summed E-state index contributed by atoms with van der Waals surface area (Å²) in [5, 5.41) is 0.762. The van der Waals surface area contributed by atoms with Crippen molar-refractivity contribution in [3.63, 3.8) is 0 Å². The van der Waals surface area contributed by atoms with Crippen molar-refractivity contribution >= 4 is 40.0 Å². The third-order valence-electron chi connectivity index (χ3n) is 8.50. The summed E-state index contributed by atoms with van der Waals surface area (Å²) in [5.74, 6) is -2.19. The molecule has 1 aromatic heterocycles. The molecule has 0 N–H and O–H groups in total. The third kappa shape index (κ3) is 9.40. The molecule has 1 heterocycles. The first-order valence-electron chi connectivity index (χ1n) is 16.2. The van der Waals surface area contributed by atoms with Gasteiger partial charge in [-0.25, -0.2) is 4.21 Å². The molecule has 0 spiro atoms. The zero-order valence-electron chi connectivity index (χ0n) is 30.1. The summed E-state index contributed by atoms with van der Waals surface area (Å²) in [7, 11) is -10.9. The highest BCUT2D eigenvalue weighted by atomic mass is 32.3. The summed E-state index contributed by atoms with van der Waals surface area (Å²) in [5.41, 5.74) is -1.00. The van der Waals surface area contributed by atoms with Crippen LogP contribution in [-0.2, 0) is 45.2 Å². The van der Waals surface area contributed by atoms with Gasteiger partial charge in [0.2, 0.25) is 5.43 Å². The van der Waals surface area contributed by atoms with E-state index in [9.17, 15) is 27.0 Å². The fourth-order valence-electron chi connectivity index (χ4n) is 4.52. The van der Waals surface area contributed by atoms with Gasteiger partial charge in [-0.3, -0.25) is 14.4 Å². The van der Waals surface area contributed by atoms with Gasteiger partial charge in [0.15, 0.2) is 11.2 Å². The first kappa shape index (κ1) is 40.4. The van der Waals surface area contributed by atoms with E-state index in [1.807, 2.05) is 40.8 Å². The number of sulfonamides is 1. The van der Waals surface area contributed by atoms with E-state index in [0.29, 0.717) is 0 Å². The van der Waals surface area contributed by atoms with E-state index in [4.69, 9.17) is 18.3 Å². The Morgan fingerprint density at radius 1 is 0.840 bits per heavy atom. The highest BCUT2D eigenvalue weighted by Gasteiger charge is 2.50. The Morgan fingerprint density at radius 2 is 1.34 bits per heavy atom. The standard InChI is InChI=1S/C36H47NO10S2Si/c1-10-44-33(39)36(34(40)45-11-2,25-31-32(30(38)21-23-46-31)47-50(8,9)35(5,6)7)22-12-24-48(41,28-17-13-26(3)14-18-28)37-49(42,43)29-19-15-27(4)16-20-29/h12-21,23-24H,10-11,22,25H2,1-9H3/b24-12+/t48-/m1/s1. The van der Waals surface area contributed by atoms with Crippen LogP contribution in [0.25, 0.3) is 0 Å². The predicted octanol–water partition coefficient (Wildman–Crippen LogP) is 7.12. The molecule has 3 aromatic rings. The first-order valence-corrected chi connectivity index (χ1v) is 22.1. The van der Waals surface area contributed by atoms with Gasteiger partial charge in [-0.05, 0) is 76.5 Å². The average Bonchev–Trinajstić information content (AvgIpc) is 3.02. The molecule has 0 fully saturated rings. The lowest BCUT2D eigenvalue weighted by Crippen LogP contribution is -2.46. The number of aryl methyl sites for hydroxylation is 2. The Hall–Kier alpha value is -4.01.